The van der Waals surface area contributed by atoms with Crippen molar-refractivity contribution in [2.45, 2.75) is 6.61 Å². The zero-order valence-corrected chi connectivity index (χ0v) is 15.1. The quantitative estimate of drug-likeness (QED) is 0.502. The molecule has 2 heterocycles. The SMILES string of the molecule is O=C(Nc1nc(-c2ccccc2OC(F)F)cs1)c1nccc2ccccc12. The molecule has 0 saturated carbocycles. The number of rotatable bonds is 5. The molecule has 0 aliphatic carbocycles. The van der Waals surface area contributed by atoms with Gasteiger partial charge < -0.3 is 4.74 Å². The number of thiazole rings is 1. The van der Waals surface area contributed by atoms with Crippen molar-refractivity contribution in [3.8, 4) is 17.0 Å². The van der Waals surface area contributed by atoms with E-state index in [9.17, 15) is 13.6 Å². The fraction of sp³-hybridized carbons (Fsp3) is 0.0500. The first-order valence-corrected chi connectivity index (χ1v) is 9.14. The molecule has 0 unspecified atom stereocenters. The molecule has 2 aromatic heterocycles. The Hall–Kier alpha value is -3.39. The summed E-state index contributed by atoms with van der Waals surface area (Å²) in [5.74, 6) is -0.369. The molecule has 4 rings (SSSR count). The molecule has 0 atom stereocenters. The van der Waals surface area contributed by atoms with Gasteiger partial charge in [-0.3, -0.25) is 15.1 Å². The minimum absolute atomic E-state index is 0.0244. The highest BCUT2D eigenvalue weighted by molar-refractivity contribution is 7.14. The summed E-state index contributed by atoms with van der Waals surface area (Å²) in [5, 5.41) is 6.35. The summed E-state index contributed by atoms with van der Waals surface area (Å²) in [6.07, 6.45) is 1.57. The fourth-order valence-corrected chi connectivity index (χ4v) is 3.49. The summed E-state index contributed by atoms with van der Waals surface area (Å²) in [6.45, 7) is -2.93. The summed E-state index contributed by atoms with van der Waals surface area (Å²) in [7, 11) is 0. The average molecular weight is 397 g/mol. The van der Waals surface area contributed by atoms with Crippen LogP contribution in [0, 0.1) is 0 Å². The van der Waals surface area contributed by atoms with E-state index in [0.717, 1.165) is 10.8 Å². The average Bonchev–Trinajstić information content (AvgIpc) is 3.15. The second-order valence-electron chi connectivity index (χ2n) is 5.75. The number of hydrogen-bond donors (Lipinski definition) is 1. The second-order valence-corrected chi connectivity index (χ2v) is 6.61. The van der Waals surface area contributed by atoms with E-state index in [-0.39, 0.29) is 11.4 Å². The molecule has 0 bridgehead atoms. The van der Waals surface area contributed by atoms with Gasteiger partial charge in [-0.25, -0.2) is 4.98 Å². The number of pyridine rings is 1. The van der Waals surface area contributed by atoms with Crippen molar-refractivity contribution >= 4 is 33.1 Å². The van der Waals surface area contributed by atoms with Gasteiger partial charge in [-0.15, -0.1) is 11.3 Å². The molecule has 1 N–H and O–H groups in total. The lowest BCUT2D eigenvalue weighted by atomic mass is 10.1. The van der Waals surface area contributed by atoms with Gasteiger partial charge in [-0.2, -0.15) is 8.78 Å². The number of benzene rings is 2. The molecule has 140 valence electrons. The first-order valence-electron chi connectivity index (χ1n) is 8.26. The number of ether oxygens (including phenoxy) is 1. The Labute approximate surface area is 162 Å². The predicted molar refractivity (Wildman–Crippen MR) is 104 cm³/mol. The molecule has 28 heavy (non-hydrogen) atoms. The summed E-state index contributed by atoms with van der Waals surface area (Å²) >= 11 is 1.19. The van der Waals surface area contributed by atoms with Crippen molar-refractivity contribution < 1.29 is 18.3 Å². The van der Waals surface area contributed by atoms with Crippen LogP contribution in [0.25, 0.3) is 22.0 Å². The van der Waals surface area contributed by atoms with Gasteiger partial charge in [0.15, 0.2) is 5.13 Å². The number of aromatic nitrogens is 2. The third-order valence-electron chi connectivity index (χ3n) is 3.99. The van der Waals surface area contributed by atoms with E-state index in [1.54, 1.807) is 29.8 Å². The number of halogens is 2. The number of carbonyl (C=O) groups is 1. The Balaban J connectivity index is 1.60. The summed E-state index contributed by atoms with van der Waals surface area (Å²) < 4.78 is 29.8. The molecular weight excluding hydrogens is 384 g/mol. The van der Waals surface area contributed by atoms with Crippen LogP contribution in [0.15, 0.2) is 66.2 Å². The van der Waals surface area contributed by atoms with Gasteiger partial charge in [0.05, 0.1) is 5.69 Å². The summed E-state index contributed by atoms with van der Waals surface area (Å²) in [4.78, 5) is 21.2. The molecule has 2 aromatic carbocycles. The molecule has 0 radical (unpaired) electrons. The Bertz CT molecular complexity index is 1140. The van der Waals surface area contributed by atoms with Crippen LogP contribution >= 0.6 is 11.3 Å². The van der Waals surface area contributed by atoms with Crippen LogP contribution < -0.4 is 10.1 Å². The maximum Gasteiger partial charge on any atom is 0.387 e. The number of carbonyl (C=O) groups excluding carboxylic acids is 1. The van der Waals surface area contributed by atoms with Crippen molar-refractivity contribution in [2.24, 2.45) is 0 Å². The molecule has 0 saturated heterocycles. The maximum absolute atomic E-state index is 12.7. The zero-order chi connectivity index (χ0) is 19.5. The van der Waals surface area contributed by atoms with Gasteiger partial charge in [0.25, 0.3) is 5.91 Å². The van der Waals surface area contributed by atoms with Crippen molar-refractivity contribution in [3.05, 3.63) is 71.9 Å². The van der Waals surface area contributed by atoms with Crippen LogP contribution in [-0.2, 0) is 0 Å². The van der Waals surface area contributed by atoms with Crippen LogP contribution in [0.5, 0.6) is 5.75 Å². The minimum Gasteiger partial charge on any atom is -0.434 e. The number of hydrogen-bond acceptors (Lipinski definition) is 5. The Morgan fingerprint density at radius 2 is 1.86 bits per heavy atom. The fourth-order valence-electron chi connectivity index (χ4n) is 2.79. The monoisotopic (exact) mass is 397 g/mol. The minimum atomic E-state index is -2.93. The smallest absolute Gasteiger partial charge is 0.387 e. The lowest BCUT2D eigenvalue weighted by Crippen LogP contribution is -2.14. The molecule has 5 nitrogen and oxygen atoms in total. The van der Waals surface area contributed by atoms with E-state index in [1.165, 1.54) is 17.4 Å². The number of nitrogens with zero attached hydrogens (tertiary/aromatic N) is 2. The largest absolute Gasteiger partial charge is 0.434 e. The van der Waals surface area contributed by atoms with Crippen molar-refractivity contribution in [2.75, 3.05) is 5.32 Å². The number of para-hydroxylation sites is 1. The molecule has 8 heteroatoms. The maximum atomic E-state index is 12.7. The van der Waals surface area contributed by atoms with E-state index >= 15 is 0 Å². The Morgan fingerprint density at radius 1 is 1.07 bits per heavy atom. The number of nitrogens with one attached hydrogen (secondary N) is 1. The van der Waals surface area contributed by atoms with Crippen LogP contribution in [0.1, 0.15) is 10.5 Å². The number of fused-ring (bicyclic) bond motifs is 1. The van der Waals surface area contributed by atoms with Gasteiger partial charge in [0.1, 0.15) is 11.4 Å². The number of alkyl halides is 2. The molecule has 0 aliphatic heterocycles. The van der Waals surface area contributed by atoms with Gasteiger partial charge in [-0.05, 0) is 23.6 Å². The lowest BCUT2D eigenvalue weighted by molar-refractivity contribution is -0.0494. The molecule has 0 aliphatic rings. The third kappa shape index (κ3) is 3.67. The van der Waals surface area contributed by atoms with E-state index in [1.807, 2.05) is 30.3 Å². The Morgan fingerprint density at radius 3 is 2.71 bits per heavy atom. The molecular formula is C20H13F2N3O2S. The molecule has 4 aromatic rings. The van der Waals surface area contributed by atoms with Crippen LogP contribution in [0.4, 0.5) is 13.9 Å². The van der Waals surface area contributed by atoms with Crippen LogP contribution in [-0.4, -0.2) is 22.5 Å². The van der Waals surface area contributed by atoms with Crippen molar-refractivity contribution in [3.63, 3.8) is 0 Å². The predicted octanol–water partition coefficient (Wildman–Crippen LogP) is 5.21. The first-order chi connectivity index (χ1) is 13.6. The summed E-state index contributed by atoms with van der Waals surface area (Å²) in [6, 6.07) is 15.6. The third-order valence-corrected chi connectivity index (χ3v) is 4.75. The van der Waals surface area contributed by atoms with Gasteiger partial charge in [-0.1, -0.05) is 36.4 Å². The van der Waals surface area contributed by atoms with E-state index in [2.05, 4.69) is 20.0 Å². The standard InChI is InChI=1S/C20H13F2N3O2S/c21-19(22)27-16-8-4-3-7-14(16)15-11-28-20(24-15)25-18(26)17-13-6-2-1-5-12(13)9-10-23-17/h1-11,19H,(H,24,25,26). The van der Waals surface area contributed by atoms with Crippen LogP contribution in [0.3, 0.4) is 0 Å². The normalized spacial score (nSPS) is 11.0. The highest BCUT2D eigenvalue weighted by atomic mass is 32.1. The lowest BCUT2D eigenvalue weighted by Gasteiger charge is -2.08. The number of amides is 1. The molecule has 1 amide bonds. The van der Waals surface area contributed by atoms with Gasteiger partial charge >= 0.3 is 6.61 Å². The highest BCUT2D eigenvalue weighted by Crippen LogP contribution is 2.33. The van der Waals surface area contributed by atoms with Crippen molar-refractivity contribution in [1.82, 2.24) is 9.97 Å². The first kappa shape index (κ1) is 18.0. The molecule has 0 fully saturated rings. The van der Waals surface area contributed by atoms with E-state index in [4.69, 9.17) is 0 Å². The Kier molecular flexibility index (Phi) is 4.94. The topological polar surface area (TPSA) is 64.1 Å². The van der Waals surface area contributed by atoms with Crippen molar-refractivity contribution in [1.29, 1.82) is 0 Å². The van der Waals surface area contributed by atoms with Gasteiger partial charge in [0, 0.05) is 22.5 Å². The second kappa shape index (κ2) is 7.69. The van der Waals surface area contributed by atoms with Crippen LogP contribution in [0.2, 0.25) is 0 Å². The highest BCUT2D eigenvalue weighted by Gasteiger charge is 2.16. The van der Waals surface area contributed by atoms with E-state index < -0.39 is 12.5 Å². The zero-order valence-electron chi connectivity index (χ0n) is 14.3. The molecule has 0 spiro atoms. The summed E-state index contributed by atoms with van der Waals surface area (Å²) in [5.41, 5.74) is 1.14. The van der Waals surface area contributed by atoms with E-state index in [0.29, 0.717) is 16.4 Å². The number of anilines is 1. The van der Waals surface area contributed by atoms with Gasteiger partial charge in [0.2, 0.25) is 0 Å².